The molecule has 138 valence electrons. The standard InChI is InChI=1S/C20H22ClN3O.HI/c21-15-5-3-4-13(10-15)14-11-16(12-14)23-20(22)24-18-8-9-25-19-7-2-1-6-17(18)19;/h1-7,10,14,16,18H,8-9,11-12H2,(H3,22,23,24);1H. The zero-order valence-corrected chi connectivity index (χ0v) is 17.5. The van der Waals surface area contributed by atoms with Crippen LogP contribution in [0.25, 0.3) is 0 Å². The van der Waals surface area contributed by atoms with Crippen molar-refractivity contribution < 1.29 is 4.74 Å². The van der Waals surface area contributed by atoms with Gasteiger partial charge in [0.15, 0.2) is 5.96 Å². The van der Waals surface area contributed by atoms with Crippen LogP contribution in [0.15, 0.2) is 53.5 Å². The monoisotopic (exact) mass is 483 g/mol. The fourth-order valence-corrected chi connectivity index (χ4v) is 3.84. The van der Waals surface area contributed by atoms with Crippen molar-refractivity contribution in [2.45, 2.75) is 37.3 Å². The molecule has 0 amide bonds. The third-order valence-electron chi connectivity index (χ3n) is 5.03. The number of halogens is 2. The summed E-state index contributed by atoms with van der Waals surface area (Å²) in [6.45, 7) is 0.679. The highest BCUT2D eigenvalue weighted by Crippen LogP contribution is 2.38. The largest absolute Gasteiger partial charge is 0.493 e. The third kappa shape index (κ3) is 4.26. The molecule has 1 aliphatic carbocycles. The highest BCUT2D eigenvalue weighted by Gasteiger charge is 2.31. The van der Waals surface area contributed by atoms with E-state index in [1.165, 1.54) is 5.56 Å². The number of nitrogens with two attached hydrogens (primary N) is 1. The van der Waals surface area contributed by atoms with Crippen molar-refractivity contribution in [3.8, 4) is 5.75 Å². The Bertz CT molecular complexity index is 792. The van der Waals surface area contributed by atoms with E-state index in [4.69, 9.17) is 27.1 Å². The molecule has 2 aromatic rings. The average Bonchev–Trinajstić information content (AvgIpc) is 2.58. The van der Waals surface area contributed by atoms with E-state index in [0.29, 0.717) is 24.5 Å². The van der Waals surface area contributed by atoms with Gasteiger partial charge in [-0.2, -0.15) is 0 Å². The first-order valence-corrected chi connectivity index (χ1v) is 9.14. The van der Waals surface area contributed by atoms with Crippen molar-refractivity contribution in [1.29, 1.82) is 0 Å². The topological polar surface area (TPSA) is 59.6 Å². The number of nitrogens with zero attached hydrogens (tertiary/aromatic N) is 1. The average molecular weight is 484 g/mol. The summed E-state index contributed by atoms with van der Waals surface area (Å²) in [6, 6.07) is 16.6. The molecule has 1 fully saturated rings. The molecule has 0 radical (unpaired) electrons. The van der Waals surface area contributed by atoms with E-state index >= 15 is 0 Å². The second kappa shape index (κ2) is 8.48. The molecule has 4 nitrogen and oxygen atoms in total. The summed E-state index contributed by atoms with van der Waals surface area (Å²) in [6.07, 6.45) is 2.97. The Labute approximate surface area is 176 Å². The Morgan fingerprint density at radius 1 is 1.15 bits per heavy atom. The number of ether oxygens (including phenoxy) is 1. The lowest BCUT2D eigenvalue weighted by Gasteiger charge is -2.36. The molecular weight excluding hydrogens is 461 g/mol. The summed E-state index contributed by atoms with van der Waals surface area (Å²) in [7, 11) is 0. The zero-order chi connectivity index (χ0) is 17.2. The van der Waals surface area contributed by atoms with Gasteiger partial charge < -0.3 is 15.8 Å². The first kappa shape index (κ1) is 19.3. The lowest BCUT2D eigenvalue weighted by atomic mass is 9.76. The minimum absolute atomic E-state index is 0. The number of hydrogen-bond donors (Lipinski definition) is 2. The number of fused-ring (bicyclic) bond motifs is 1. The summed E-state index contributed by atoms with van der Waals surface area (Å²) in [5.74, 6) is 1.99. The van der Waals surface area contributed by atoms with E-state index in [2.05, 4.69) is 23.5 Å². The van der Waals surface area contributed by atoms with Crippen molar-refractivity contribution >= 4 is 41.5 Å². The van der Waals surface area contributed by atoms with Gasteiger partial charge in [-0.25, -0.2) is 4.99 Å². The van der Waals surface area contributed by atoms with E-state index in [1.807, 2.05) is 30.3 Å². The Hall–Kier alpha value is -1.47. The van der Waals surface area contributed by atoms with Crippen LogP contribution in [0.3, 0.4) is 0 Å². The van der Waals surface area contributed by atoms with Gasteiger partial charge in [-0.15, -0.1) is 24.0 Å². The van der Waals surface area contributed by atoms with E-state index in [1.54, 1.807) is 0 Å². The third-order valence-corrected chi connectivity index (χ3v) is 5.27. The highest BCUT2D eigenvalue weighted by atomic mass is 127. The van der Waals surface area contributed by atoms with Gasteiger partial charge in [-0.3, -0.25) is 0 Å². The van der Waals surface area contributed by atoms with Gasteiger partial charge in [0.05, 0.1) is 12.6 Å². The Balaban J connectivity index is 0.00000196. The van der Waals surface area contributed by atoms with Gasteiger partial charge in [0.2, 0.25) is 0 Å². The number of aliphatic imine (C=N–C) groups is 1. The maximum absolute atomic E-state index is 6.16. The van der Waals surface area contributed by atoms with Crippen molar-refractivity contribution in [3.05, 3.63) is 64.7 Å². The Morgan fingerprint density at radius 3 is 2.77 bits per heavy atom. The molecule has 3 N–H and O–H groups in total. The fraction of sp³-hybridized carbons (Fsp3) is 0.350. The number of guanidine groups is 1. The molecule has 0 aromatic heterocycles. The van der Waals surface area contributed by atoms with Crippen molar-refractivity contribution in [3.63, 3.8) is 0 Å². The molecule has 1 heterocycles. The van der Waals surface area contributed by atoms with Crippen LogP contribution in [0.2, 0.25) is 5.02 Å². The van der Waals surface area contributed by atoms with Crippen molar-refractivity contribution in [2.75, 3.05) is 6.61 Å². The van der Waals surface area contributed by atoms with Crippen molar-refractivity contribution in [1.82, 2.24) is 5.32 Å². The molecule has 26 heavy (non-hydrogen) atoms. The number of benzene rings is 2. The SMILES string of the molecule is I.NC(=NC1CCOc2ccccc21)NC1CC(c2cccc(Cl)c2)C1. The molecule has 1 unspecified atom stereocenters. The first-order valence-electron chi connectivity index (χ1n) is 8.76. The first-order chi connectivity index (χ1) is 12.2. The van der Waals surface area contributed by atoms with Gasteiger partial charge in [0, 0.05) is 23.0 Å². The molecule has 4 rings (SSSR count). The van der Waals surface area contributed by atoms with Crippen LogP contribution in [-0.4, -0.2) is 18.6 Å². The second-order valence-corrected chi connectivity index (χ2v) is 7.21. The van der Waals surface area contributed by atoms with Gasteiger partial charge in [0.1, 0.15) is 5.75 Å². The maximum atomic E-state index is 6.16. The predicted octanol–water partition coefficient (Wildman–Crippen LogP) is 4.63. The van der Waals surface area contributed by atoms with Crippen LogP contribution in [0.4, 0.5) is 0 Å². The molecule has 1 saturated carbocycles. The van der Waals surface area contributed by atoms with Crippen LogP contribution in [0, 0.1) is 0 Å². The number of rotatable bonds is 3. The summed E-state index contributed by atoms with van der Waals surface area (Å²) in [5, 5.41) is 4.16. The summed E-state index contributed by atoms with van der Waals surface area (Å²) in [4.78, 5) is 4.69. The number of para-hydroxylation sites is 1. The van der Waals surface area contributed by atoms with Gasteiger partial charge in [-0.1, -0.05) is 41.9 Å². The van der Waals surface area contributed by atoms with Crippen LogP contribution in [0.1, 0.15) is 42.3 Å². The molecule has 1 aliphatic heterocycles. The van der Waals surface area contributed by atoms with Crippen LogP contribution >= 0.6 is 35.6 Å². The molecule has 0 saturated heterocycles. The molecule has 2 aliphatic rings. The van der Waals surface area contributed by atoms with Crippen LogP contribution in [0.5, 0.6) is 5.75 Å². The normalized spacial score (nSPS) is 24.5. The van der Waals surface area contributed by atoms with Crippen molar-refractivity contribution in [2.24, 2.45) is 10.7 Å². The second-order valence-electron chi connectivity index (χ2n) is 6.77. The summed E-state index contributed by atoms with van der Waals surface area (Å²) < 4.78 is 5.68. The maximum Gasteiger partial charge on any atom is 0.189 e. The van der Waals surface area contributed by atoms with Crippen LogP contribution in [-0.2, 0) is 0 Å². The molecule has 1 atom stereocenters. The summed E-state index contributed by atoms with van der Waals surface area (Å²) >= 11 is 6.08. The Morgan fingerprint density at radius 2 is 1.96 bits per heavy atom. The van der Waals surface area contributed by atoms with E-state index in [-0.39, 0.29) is 30.0 Å². The van der Waals surface area contributed by atoms with E-state index < -0.39 is 0 Å². The minimum atomic E-state index is 0. The highest BCUT2D eigenvalue weighted by molar-refractivity contribution is 14.0. The van der Waals surface area contributed by atoms with Gasteiger partial charge in [0.25, 0.3) is 0 Å². The zero-order valence-electron chi connectivity index (χ0n) is 14.4. The molecule has 2 aromatic carbocycles. The minimum Gasteiger partial charge on any atom is -0.493 e. The Kier molecular flexibility index (Phi) is 6.29. The number of hydrogen-bond acceptors (Lipinski definition) is 2. The van der Waals surface area contributed by atoms with Gasteiger partial charge in [-0.05, 0) is 42.5 Å². The molecule has 6 heteroatoms. The smallest absolute Gasteiger partial charge is 0.189 e. The molecule has 0 bridgehead atoms. The molecule has 0 spiro atoms. The fourth-order valence-electron chi connectivity index (χ4n) is 3.64. The van der Waals surface area contributed by atoms with E-state index in [9.17, 15) is 0 Å². The predicted molar refractivity (Wildman–Crippen MR) is 117 cm³/mol. The summed E-state index contributed by atoms with van der Waals surface area (Å²) in [5.41, 5.74) is 8.58. The van der Waals surface area contributed by atoms with E-state index in [0.717, 1.165) is 35.6 Å². The molecular formula is C20H23ClIN3O. The quantitative estimate of drug-likeness (QED) is 0.380. The van der Waals surface area contributed by atoms with Crippen LogP contribution < -0.4 is 15.8 Å². The number of nitrogens with one attached hydrogen (secondary N) is 1. The lowest BCUT2D eigenvalue weighted by molar-refractivity contribution is 0.269. The van der Waals surface area contributed by atoms with Gasteiger partial charge >= 0.3 is 0 Å². The lowest BCUT2D eigenvalue weighted by Crippen LogP contribution is -2.46.